The maximum atomic E-state index is 11.9. The summed E-state index contributed by atoms with van der Waals surface area (Å²) in [6.07, 6.45) is 4.36. The van der Waals surface area contributed by atoms with Crippen molar-refractivity contribution in [3.05, 3.63) is 11.6 Å². The quantitative estimate of drug-likeness (QED) is 0.516. The maximum Gasteiger partial charge on any atom is 0.210 e. The van der Waals surface area contributed by atoms with Gasteiger partial charge in [0.2, 0.25) is 7.37 Å². The fourth-order valence-corrected chi connectivity index (χ4v) is 3.60. The van der Waals surface area contributed by atoms with Crippen LogP contribution in [0.3, 0.4) is 0 Å². The van der Waals surface area contributed by atoms with Crippen LogP contribution in [0.4, 0.5) is 0 Å². The number of hydrogen-bond donors (Lipinski definition) is 0. The molecule has 0 aliphatic carbocycles. The molecule has 1 unspecified atom stereocenters. The molecule has 1 heterocycles. The van der Waals surface area contributed by atoms with E-state index in [-0.39, 0.29) is 0 Å². The second-order valence-electron chi connectivity index (χ2n) is 4.22. The van der Waals surface area contributed by atoms with E-state index in [1.165, 1.54) is 5.57 Å². The van der Waals surface area contributed by atoms with Gasteiger partial charge in [-0.1, -0.05) is 25.5 Å². The van der Waals surface area contributed by atoms with Gasteiger partial charge >= 0.3 is 0 Å². The fourth-order valence-electron chi connectivity index (χ4n) is 1.36. The standard InChI is InChI=1S/C10H19O2P/c1-9(2)4-6-12-13(11)7-5-10(3)8-13/h5,9H,4,6-8H2,1-3H3. The van der Waals surface area contributed by atoms with Crippen LogP contribution in [0.5, 0.6) is 0 Å². The van der Waals surface area contributed by atoms with Crippen molar-refractivity contribution in [1.82, 2.24) is 0 Å². The summed E-state index contributed by atoms with van der Waals surface area (Å²) >= 11 is 0. The first-order valence-corrected chi connectivity index (χ1v) is 6.89. The normalized spacial score (nSPS) is 28.2. The zero-order valence-corrected chi connectivity index (χ0v) is 9.64. The van der Waals surface area contributed by atoms with Gasteiger partial charge in [0, 0.05) is 12.3 Å². The van der Waals surface area contributed by atoms with E-state index >= 15 is 0 Å². The zero-order chi connectivity index (χ0) is 9.90. The third kappa shape index (κ3) is 3.66. The van der Waals surface area contributed by atoms with Crippen LogP contribution in [-0.4, -0.2) is 18.9 Å². The average Bonchev–Trinajstić information content (AvgIpc) is 2.30. The molecule has 0 aromatic carbocycles. The van der Waals surface area contributed by atoms with Crippen molar-refractivity contribution in [2.75, 3.05) is 18.9 Å². The van der Waals surface area contributed by atoms with Crippen LogP contribution < -0.4 is 0 Å². The third-order valence-corrected chi connectivity index (χ3v) is 4.60. The molecular formula is C10H19O2P. The van der Waals surface area contributed by atoms with Crippen LogP contribution >= 0.6 is 7.37 Å². The van der Waals surface area contributed by atoms with E-state index in [0.29, 0.717) is 24.8 Å². The van der Waals surface area contributed by atoms with Crippen molar-refractivity contribution in [2.24, 2.45) is 5.92 Å². The van der Waals surface area contributed by atoms with Gasteiger partial charge in [-0.15, -0.1) is 0 Å². The molecule has 0 aromatic rings. The molecule has 0 bridgehead atoms. The molecule has 1 atom stereocenters. The SMILES string of the molecule is CC1=CCP(=O)(OCCC(C)C)C1. The van der Waals surface area contributed by atoms with Crippen LogP contribution in [-0.2, 0) is 9.09 Å². The molecule has 0 saturated carbocycles. The molecule has 3 heteroatoms. The molecule has 0 fully saturated rings. The number of hydrogen-bond acceptors (Lipinski definition) is 2. The Balaban J connectivity index is 2.26. The molecule has 1 rings (SSSR count). The summed E-state index contributed by atoms with van der Waals surface area (Å²) in [5.74, 6) is 0.628. The zero-order valence-electron chi connectivity index (χ0n) is 8.75. The van der Waals surface area contributed by atoms with Gasteiger partial charge in [0.15, 0.2) is 0 Å². The lowest BCUT2D eigenvalue weighted by Gasteiger charge is -2.13. The summed E-state index contributed by atoms with van der Waals surface area (Å²) in [5, 5.41) is 0. The van der Waals surface area contributed by atoms with Gasteiger partial charge in [0.1, 0.15) is 0 Å². The first-order valence-electron chi connectivity index (χ1n) is 4.90. The van der Waals surface area contributed by atoms with Crippen LogP contribution in [0.15, 0.2) is 11.6 Å². The molecule has 0 N–H and O–H groups in total. The Bertz CT molecular complexity index is 243. The van der Waals surface area contributed by atoms with Gasteiger partial charge in [-0.05, 0) is 19.3 Å². The number of rotatable bonds is 4. The van der Waals surface area contributed by atoms with Gasteiger partial charge in [-0.25, -0.2) is 0 Å². The van der Waals surface area contributed by atoms with E-state index in [4.69, 9.17) is 4.52 Å². The summed E-state index contributed by atoms with van der Waals surface area (Å²) < 4.78 is 17.4. The van der Waals surface area contributed by atoms with Crippen LogP contribution in [0.2, 0.25) is 0 Å². The van der Waals surface area contributed by atoms with Gasteiger partial charge in [-0.3, -0.25) is 4.57 Å². The molecular weight excluding hydrogens is 183 g/mol. The minimum absolute atomic E-state index is 0.628. The van der Waals surface area contributed by atoms with Crippen molar-refractivity contribution in [3.63, 3.8) is 0 Å². The minimum Gasteiger partial charge on any atom is -0.328 e. The van der Waals surface area contributed by atoms with E-state index < -0.39 is 7.37 Å². The Kier molecular flexibility index (Phi) is 3.75. The van der Waals surface area contributed by atoms with Crippen LogP contribution in [0.25, 0.3) is 0 Å². The van der Waals surface area contributed by atoms with Crippen molar-refractivity contribution in [1.29, 1.82) is 0 Å². The van der Waals surface area contributed by atoms with E-state index in [1.54, 1.807) is 0 Å². The Hall–Kier alpha value is -0.0700. The summed E-state index contributed by atoms with van der Waals surface area (Å²) in [4.78, 5) is 0. The molecule has 2 nitrogen and oxygen atoms in total. The number of allylic oxidation sites excluding steroid dienone is 2. The summed E-state index contributed by atoms with van der Waals surface area (Å²) in [6.45, 7) is 6.97. The first kappa shape index (κ1) is 11.0. The maximum absolute atomic E-state index is 11.9. The van der Waals surface area contributed by atoms with Gasteiger partial charge in [0.05, 0.1) is 6.61 Å². The third-order valence-electron chi connectivity index (χ3n) is 2.23. The van der Waals surface area contributed by atoms with Crippen LogP contribution in [0, 0.1) is 5.92 Å². The van der Waals surface area contributed by atoms with Crippen molar-refractivity contribution >= 4 is 7.37 Å². The predicted molar refractivity (Wildman–Crippen MR) is 56.5 cm³/mol. The molecule has 0 radical (unpaired) electrons. The van der Waals surface area contributed by atoms with E-state index in [2.05, 4.69) is 13.8 Å². The van der Waals surface area contributed by atoms with Gasteiger partial charge in [0.25, 0.3) is 0 Å². The fraction of sp³-hybridized carbons (Fsp3) is 0.800. The highest BCUT2D eigenvalue weighted by atomic mass is 31.2. The molecule has 0 aromatic heterocycles. The van der Waals surface area contributed by atoms with Gasteiger partial charge < -0.3 is 4.52 Å². The highest BCUT2D eigenvalue weighted by Crippen LogP contribution is 2.52. The highest BCUT2D eigenvalue weighted by Gasteiger charge is 2.26. The smallest absolute Gasteiger partial charge is 0.210 e. The summed E-state index contributed by atoms with van der Waals surface area (Å²) in [7, 11) is -2.27. The van der Waals surface area contributed by atoms with Crippen molar-refractivity contribution < 1.29 is 9.09 Å². The molecule has 0 amide bonds. The minimum atomic E-state index is -2.27. The van der Waals surface area contributed by atoms with E-state index in [0.717, 1.165) is 6.42 Å². The highest BCUT2D eigenvalue weighted by molar-refractivity contribution is 7.59. The largest absolute Gasteiger partial charge is 0.328 e. The van der Waals surface area contributed by atoms with Crippen molar-refractivity contribution in [2.45, 2.75) is 27.2 Å². The topological polar surface area (TPSA) is 26.3 Å². The van der Waals surface area contributed by atoms with Crippen molar-refractivity contribution in [3.8, 4) is 0 Å². The Morgan fingerprint density at radius 3 is 2.77 bits per heavy atom. The van der Waals surface area contributed by atoms with Crippen LogP contribution in [0.1, 0.15) is 27.2 Å². The second-order valence-corrected chi connectivity index (χ2v) is 6.79. The lowest BCUT2D eigenvalue weighted by molar-refractivity contribution is 0.291. The lowest BCUT2D eigenvalue weighted by atomic mass is 10.2. The molecule has 1 aliphatic heterocycles. The molecule has 13 heavy (non-hydrogen) atoms. The summed E-state index contributed by atoms with van der Waals surface area (Å²) in [6, 6.07) is 0. The monoisotopic (exact) mass is 202 g/mol. The Morgan fingerprint density at radius 1 is 1.62 bits per heavy atom. The van der Waals surface area contributed by atoms with E-state index in [9.17, 15) is 4.57 Å². The molecule has 76 valence electrons. The Morgan fingerprint density at radius 2 is 2.31 bits per heavy atom. The first-order chi connectivity index (χ1) is 6.02. The Labute approximate surface area is 80.8 Å². The molecule has 1 aliphatic rings. The predicted octanol–water partition coefficient (Wildman–Crippen LogP) is 3.29. The average molecular weight is 202 g/mol. The lowest BCUT2D eigenvalue weighted by Crippen LogP contribution is -1.99. The second kappa shape index (κ2) is 4.43. The molecule has 0 saturated heterocycles. The van der Waals surface area contributed by atoms with Gasteiger partial charge in [-0.2, -0.15) is 0 Å². The summed E-state index contributed by atoms with van der Waals surface area (Å²) in [5.41, 5.74) is 1.22. The van der Waals surface area contributed by atoms with E-state index in [1.807, 2.05) is 13.0 Å². The molecule has 0 spiro atoms.